The Morgan fingerprint density at radius 3 is 2.58 bits per heavy atom. The van der Waals surface area contributed by atoms with E-state index in [4.69, 9.17) is 5.11 Å². The van der Waals surface area contributed by atoms with Crippen LogP contribution < -0.4 is 4.74 Å². The van der Waals surface area contributed by atoms with Crippen LogP contribution in [-0.2, 0) is 14.8 Å². The highest BCUT2D eigenvalue weighted by Crippen LogP contribution is 2.32. The lowest BCUT2D eigenvalue weighted by Gasteiger charge is -2.30. The number of nitrogens with zero attached hydrogens (tertiary/aromatic N) is 1. The lowest BCUT2D eigenvalue weighted by atomic mass is 10.0. The van der Waals surface area contributed by atoms with Crippen molar-refractivity contribution in [3.8, 4) is 5.75 Å². The van der Waals surface area contributed by atoms with E-state index in [1.54, 1.807) is 0 Å². The molecule has 0 bridgehead atoms. The van der Waals surface area contributed by atoms with Gasteiger partial charge in [0.05, 0.1) is 5.92 Å². The van der Waals surface area contributed by atoms with Gasteiger partial charge in [0.2, 0.25) is 10.0 Å². The maximum Gasteiger partial charge on any atom is 0.573 e. The maximum absolute atomic E-state index is 14.2. The van der Waals surface area contributed by atoms with Crippen molar-refractivity contribution < 1.29 is 40.6 Å². The molecule has 6 nitrogen and oxygen atoms in total. The fourth-order valence-corrected chi connectivity index (χ4v) is 4.00. The predicted molar refractivity (Wildman–Crippen MR) is 72.2 cm³/mol. The Morgan fingerprint density at radius 2 is 2.00 bits per heavy atom. The zero-order valence-corrected chi connectivity index (χ0v) is 12.9. The van der Waals surface area contributed by atoms with E-state index in [2.05, 4.69) is 4.74 Å². The third kappa shape index (κ3) is 3.96. The number of sulfonamides is 1. The number of hydrogen-bond donors (Lipinski definition) is 1. The molecule has 2 rings (SSSR count). The highest BCUT2D eigenvalue weighted by atomic mass is 32.2. The van der Waals surface area contributed by atoms with Crippen molar-refractivity contribution in [2.75, 3.05) is 13.1 Å². The van der Waals surface area contributed by atoms with Gasteiger partial charge in [-0.25, -0.2) is 12.8 Å². The second-order valence-corrected chi connectivity index (χ2v) is 7.06. The van der Waals surface area contributed by atoms with Gasteiger partial charge in [0.25, 0.3) is 0 Å². The zero-order chi connectivity index (χ0) is 18.1. The van der Waals surface area contributed by atoms with Crippen molar-refractivity contribution in [2.24, 2.45) is 5.92 Å². The van der Waals surface area contributed by atoms with Gasteiger partial charge < -0.3 is 9.84 Å². The fourth-order valence-electron chi connectivity index (χ4n) is 2.39. The Balaban J connectivity index is 2.36. The Morgan fingerprint density at radius 1 is 1.33 bits per heavy atom. The predicted octanol–water partition coefficient (Wildman–Crippen LogP) is 2.21. The summed E-state index contributed by atoms with van der Waals surface area (Å²) in [7, 11) is -4.49. The van der Waals surface area contributed by atoms with E-state index in [1.807, 2.05) is 0 Å². The van der Waals surface area contributed by atoms with Gasteiger partial charge in [0, 0.05) is 13.1 Å². The summed E-state index contributed by atoms with van der Waals surface area (Å²) in [6, 6.07) is 2.37. The van der Waals surface area contributed by atoms with Crippen molar-refractivity contribution in [3.63, 3.8) is 0 Å². The molecule has 0 aliphatic carbocycles. The van der Waals surface area contributed by atoms with E-state index < -0.39 is 44.7 Å². The first-order valence-electron chi connectivity index (χ1n) is 6.79. The Kier molecular flexibility index (Phi) is 5.04. The van der Waals surface area contributed by atoms with Crippen molar-refractivity contribution >= 4 is 16.0 Å². The van der Waals surface area contributed by atoms with Gasteiger partial charge in [-0.1, -0.05) is 6.07 Å². The quantitative estimate of drug-likeness (QED) is 0.821. The highest BCUT2D eigenvalue weighted by molar-refractivity contribution is 7.89. The molecular weight excluding hydrogens is 358 g/mol. The average molecular weight is 371 g/mol. The van der Waals surface area contributed by atoms with Gasteiger partial charge >= 0.3 is 12.3 Å². The molecule has 0 amide bonds. The third-order valence-electron chi connectivity index (χ3n) is 3.50. The SMILES string of the molecule is O=C(O)C1CCCN(S(=O)(=O)c2cccc(OC(F)(F)F)c2F)C1. The first kappa shape index (κ1) is 18.5. The summed E-state index contributed by atoms with van der Waals surface area (Å²) in [5.74, 6) is -5.08. The fraction of sp³-hybridized carbons (Fsp3) is 0.462. The molecule has 1 aliphatic heterocycles. The second kappa shape index (κ2) is 6.55. The topological polar surface area (TPSA) is 83.9 Å². The zero-order valence-electron chi connectivity index (χ0n) is 12.1. The van der Waals surface area contributed by atoms with Gasteiger partial charge in [0.1, 0.15) is 4.90 Å². The average Bonchev–Trinajstić information content (AvgIpc) is 2.48. The molecule has 0 saturated carbocycles. The first-order valence-corrected chi connectivity index (χ1v) is 8.23. The number of halogens is 4. The van der Waals surface area contributed by atoms with E-state index >= 15 is 0 Å². The summed E-state index contributed by atoms with van der Waals surface area (Å²) in [6.45, 7) is -0.419. The van der Waals surface area contributed by atoms with E-state index in [0.717, 1.165) is 16.4 Å². The van der Waals surface area contributed by atoms with Crippen LogP contribution in [0.15, 0.2) is 23.1 Å². The number of carboxylic acids is 1. The second-order valence-electron chi connectivity index (χ2n) is 5.16. The largest absolute Gasteiger partial charge is 0.573 e. The Bertz CT molecular complexity index is 734. The van der Waals surface area contributed by atoms with Crippen LogP contribution in [0.4, 0.5) is 17.6 Å². The number of benzene rings is 1. The first-order chi connectivity index (χ1) is 11.0. The van der Waals surface area contributed by atoms with Gasteiger partial charge in [-0.3, -0.25) is 4.79 Å². The van der Waals surface area contributed by atoms with Crippen LogP contribution in [0, 0.1) is 11.7 Å². The summed E-state index contributed by atoms with van der Waals surface area (Å²) >= 11 is 0. The molecule has 1 aromatic carbocycles. The van der Waals surface area contributed by atoms with Crippen molar-refractivity contribution in [2.45, 2.75) is 24.1 Å². The molecule has 11 heteroatoms. The molecule has 1 N–H and O–H groups in total. The standard InChI is InChI=1S/C13H13F4NO5S/c14-11-9(23-13(15,16)17)4-1-5-10(11)24(21,22)18-6-2-3-8(7-18)12(19)20/h1,4-5,8H,2-3,6-7H2,(H,19,20). The third-order valence-corrected chi connectivity index (χ3v) is 5.39. The monoisotopic (exact) mass is 371 g/mol. The molecule has 1 fully saturated rings. The molecule has 1 heterocycles. The summed E-state index contributed by atoms with van der Waals surface area (Å²) in [5.41, 5.74) is 0. The van der Waals surface area contributed by atoms with E-state index in [9.17, 15) is 30.8 Å². The van der Waals surface area contributed by atoms with Crippen LogP contribution >= 0.6 is 0 Å². The lowest BCUT2D eigenvalue weighted by Crippen LogP contribution is -2.42. The van der Waals surface area contributed by atoms with E-state index in [0.29, 0.717) is 6.07 Å². The van der Waals surface area contributed by atoms with Gasteiger partial charge in [-0.15, -0.1) is 13.2 Å². The number of aliphatic carboxylic acids is 1. The van der Waals surface area contributed by atoms with Crippen molar-refractivity contribution in [1.29, 1.82) is 0 Å². The summed E-state index contributed by atoms with van der Waals surface area (Å²) in [4.78, 5) is 10.0. The summed E-state index contributed by atoms with van der Waals surface area (Å²) in [5, 5.41) is 8.98. The van der Waals surface area contributed by atoms with Crippen LogP contribution in [0.1, 0.15) is 12.8 Å². The number of alkyl halides is 3. The number of rotatable bonds is 4. The van der Waals surface area contributed by atoms with Gasteiger partial charge in [-0.2, -0.15) is 4.31 Å². The molecule has 134 valence electrons. The van der Waals surface area contributed by atoms with Crippen LogP contribution in [0.2, 0.25) is 0 Å². The molecule has 1 aliphatic rings. The van der Waals surface area contributed by atoms with Crippen molar-refractivity contribution in [1.82, 2.24) is 4.31 Å². The Labute approximate surface area is 134 Å². The van der Waals surface area contributed by atoms with Crippen LogP contribution in [0.3, 0.4) is 0 Å². The van der Waals surface area contributed by atoms with Crippen LogP contribution in [-0.4, -0.2) is 43.3 Å². The number of ether oxygens (including phenoxy) is 1. The minimum Gasteiger partial charge on any atom is -0.481 e. The maximum atomic E-state index is 14.2. The Hall–Kier alpha value is -1.88. The number of piperidine rings is 1. The number of carboxylic acid groups (broad SMARTS) is 1. The van der Waals surface area contributed by atoms with E-state index in [-0.39, 0.29) is 25.9 Å². The van der Waals surface area contributed by atoms with Crippen LogP contribution in [0.5, 0.6) is 5.75 Å². The van der Waals surface area contributed by atoms with Crippen LogP contribution in [0.25, 0.3) is 0 Å². The summed E-state index contributed by atoms with van der Waals surface area (Å²) < 4.78 is 80.0. The molecule has 0 aromatic heterocycles. The molecule has 1 unspecified atom stereocenters. The molecule has 1 saturated heterocycles. The molecule has 0 spiro atoms. The normalized spacial score (nSPS) is 19.9. The van der Waals surface area contributed by atoms with Gasteiger partial charge in [-0.05, 0) is 25.0 Å². The molecule has 1 atom stereocenters. The molecule has 1 aromatic rings. The lowest BCUT2D eigenvalue weighted by molar-refractivity contribution is -0.275. The molecule has 24 heavy (non-hydrogen) atoms. The minimum absolute atomic E-state index is 0.0457. The smallest absolute Gasteiger partial charge is 0.481 e. The van der Waals surface area contributed by atoms with E-state index in [1.165, 1.54) is 0 Å². The summed E-state index contributed by atoms with van der Waals surface area (Å²) in [6.07, 6.45) is -4.67. The van der Waals surface area contributed by atoms with Gasteiger partial charge in [0.15, 0.2) is 11.6 Å². The molecule has 0 radical (unpaired) electrons. The number of carbonyl (C=O) groups is 1. The highest BCUT2D eigenvalue weighted by Gasteiger charge is 2.37. The molecular formula is C13H13F4NO5S. The van der Waals surface area contributed by atoms with Crippen molar-refractivity contribution in [3.05, 3.63) is 24.0 Å². The number of hydrogen-bond acceptors (Lipinski definition) is 4. The minimum atomic E-state index is -5.18.